The van der Waals surface area contributed by atoms with E-state index in [4.69, 9.17) is 4.42 Å². The largest absolute Gasteiger partial charge is 0.472 e. The van der Waals surface area contributed by atoms with Gasteiger partial charge in [-0.15, -0.1) is 0 Å². The van der Waals surface area contributed by atoms with Crippen molar-refractivity contribution in [2.45, 2.75) is 26.4 Å². The molecule has 1 heterocycles. The molecule has 0 fully saturated rings. The maximum Gasteiger partial charge on any atom is 0.257 e. The molecular weight excluding hydrogens is 340 g/mol. The van der Waals surface area contributed by atoms with E-state index in [1.165, 1.54) is 19.5 Å². The van der Waals surface area contributed by atoms with E-state index in [1.54, 1.807) is 11.0 Å². The second-order valence-electron chi connectivity index (χ2n) is 6.41. The van der Waals surface area contributed by atoms with Crippen LogP contribution in [0.25, 0.3) is 0 Å². The first kappa shape index (κ1) is 18.5. The normalized spacial score (nSPS) is 11.6. The Bertz CT molecular complexity index is 904. The van der Waals surface area contributed by atoms with Crippen LogP contribution in [0.5, 0.6) is 0 Å². The molecule has 0 aliphatic heterocycles. The lowest BCUT2D eigenvalue weighted by atomic mass is 10.0. The Morgan fingerprint density at radius 2 is 1.85 bits per heavy atom. The quantitative estimate of drug-likeness (QED) is 0.695. The van der Waals surface area contributed by atoms with E-state index >= 15 is 0 Å². The van der Waals surface area contributed by atoms with Gasteiger partial charge in [0.2, 0.25) is 5.91 Å². The van der Waals surface area contributed by atoms with Gasteiger partial charge in [-0.05, 0) is 36.2 Å². The van der Waals surface area contributed by atoms with Gasteiger partial charge in [-0.1, -0.05) is 42.5 Å². The Hall–Kier alpha value is -3.34. The number of nitrogens with zero attached hydrogens (tertiary/aromatic N) is 1. The first-order chi connectivity index (χ1) is 13.0. The Morgan fingerprint density at radius 3 is 2.52 bits per heavy atom. The molecule has 138 valence electrons. The summed E-state index contributed by atoms with van der Waals surface area (Å²) in [6.07, 6.45) is 2.96. The fraction of sp³-hybridized carbons (Fsp3) is 0.182. The zero-order valence-electron chi connectivity index (χ0n) is 15.4. The SMILES string of the molecule is CC(=O)Nc1cccc(C(C)N(Cc2ccccc2)C(=O)c2ccoc2)c1. The van der Waals surface area contributed by atoms with Crippen LogP contribution in [-0.2, 0) is 11.3 Å². The molecule has 0 radical (unpaired) electrons. The zero-order valence-corrected chi connectivity index (χ0v) is 15.4. The third kappa shape index (κ3) is 4.64. The molecule has 0 saturated carbocycles. The summed E-state index contributed by atoms with van der Waals surface area (Å²) in [5, 5.41) is 2.79. The van der Waals surface area contributed by atoms with Gasteiger partial charge in [-0.25, -0.2) is 0 Å². The van der Waals surface area contributed by atoms with Crippen molar-refractivity contribution in [1.29, 1.82) is 0 Å². The summed E-state index contributed by atoms with van der Waals surface area (Å²) in [5.74, 6) is -0.236. The highest BCUT2D eigenvalue weighted by atomic mass is 16.3. The average Bonchev–Trinajstić information content (AvgIpc) is 3.20. The van der Waals surface area contributed by atoms with Crippen LogP contribution in [0.4, 0.5) is 5.69 Å². The highest BCUT2D eigenvalue weighted by Gasteiger charge is 2.24. The standard InChI is InChI=1S/C22H22N2O3/c1-16(19-9-6-10-21(13-19)23-17(2)25)24(14-18-7-4-3-5-8-18)22(26)20-11-12-27-15-20/h3-13,15-16H,14H2,1-2H3,(H,23,25). The number of carbonyl (C=O) groups excluding carboxylic acids is 2. The van der Waals surface area contributed by atoms with E-state index < -0.39 is 0 Å². The Morgan fingerprint density at radius 1 is 1.07 bits per heavy atom. The van der Waals surface area contributed by atoms with Crippen molar-refractivity contribution in [3.05, 3.63) is 89.9 Å². The maximum atomic E-state index is 13.1. The number of nitrogens with one attached hydrogen (secondary N) is 1. The molecule has 5 nitrogen and oxygen atoms in total. The van der Waals surface area contributed by atoms with Crippen LogP contribution in [0.3, 0.4) is 0 Å². The highest BCUT2D eigenvalue weighted by molar-refractivity contribution is 5.94. The van der Waals surface area contributed by atoms with Gasteiger partial charge in [0.25, 0.3) is 5.91 Å². The predicted molar refractivity (Wildman–Crippen MR) is 104 cm³/mol. The number of rotatable bonds is 6. The van der Waals surface area contributed by atoms with Gasteiger partial charge in [-0.2, -0.15) is 0 Å². The predicted octanol–water partition coefficient (Wildman–Crippen LogP) is 4.64. The van der Waals surface area contributed by atoms with Crippen molar-refractivity contribution in [1.82, 2.24) is 4.90 Å². The Balaban J connectivity index is 1.91. The summed E-state index contributed by atoms with van der Waals surface area (Å²) in [4.78, 5) is 26.2. The molecule has 0 saturated heterocycles. The van der Waals surface area contributed by atoms with Crippen LogP contribution in [0.15, 0.2) is 77.6 Å². The topological polar surface area (TPSA) is 62.6 Å². The van der Waals surface area contributed by atoms with Gasteiger partial charge in [-0.3, -0.25) is 9.59 Å². The molecule has 0 spiro atoms. The third-order valence-corrected chi connectivity index (χ3v) is 4.38. The van der Waals surface area contributed by atoms with Crippen molar-refractivity contribution < 1.29 is 14.0 Å². The van der Waals surface area contributed by atoms with E-state index in [0.717, 1.165) is 11.1 Å². The van der Waals surface area contributed by atoms with Crippen molar-refractivity contribution >= 4 is 17.5 Å². The minimum Gasteiger partial charge on any atom is -0.472 e. The molecule has 1 unspecified atom stereocenters. The summed E-state index contributed by atoms with van der Waals surface area (Å²) in [5.41, 5.74) is 3.20. The maximum absolute atomic E-state index is 13.1. The molecule has 27 heavy (non-hydrogen) atoms. The second-order valence-corrected chi connectivity index (χ2v) is 6.41. The smallest absolute Gasteiger partial charge is 0.257 e. The van der Waals surface area contributed by atoms with E-state index in [1.807, 2.05) is 61.5 Å². The lowest BCUT2D eigenvalue weighted by Gasteiger charge is -2.30. The molecule has 1 atom stereocenters. The van der Waals surface area contributed by atoms with Crippen LogP contribution in [-0.4, -0.2) is 16.7 Å². The fourth-order valence-electron chi connectivity index (χ4n) is 2.98. The lowest BCUT2D eigenvalue weighted by Crippen LogP contribution is -2.33. The molecular formula is C22H22N2O3. The van der Waals surface area contributed by atoms with Crippen LogP contribution < -0.4 is 5.32 Å². The highest BCUT2D eigenvalue weighted by Crippen LogP contribution is 2.26. The number of anilines is 1. The van der Waals surface area contributed by atoms with Gasteiger partial charge in [0.1, 0.15) is 6.26 Å². The lowest BCUT2D eigenvalue weighted by molar-refractivity contribution is -0.114. The number of amides is 2. The summed E-state index contributed by atoms with van der Waals surface area (Å²) in [6, 6.07) is 18.9. The van der Waals surface area contributed by atoms with Gasteiger partial charge < -0.3 is 14.6 Å². The van der Waals surface area contributed by atoms with Crippen molar-refractivity contribution in [3.63, 3.8) is 0 Å². The first-order valence-corrected chi connectivity index (χ1v) is 8.79. The Labute approximate surface area is 158 Å². The van der Waals surface area contributed by atoms with E-state index in [0.29, 0.717) is 17.8 Å². The van der Waals surface area contributed by atoms with Crippen LogP contribution in [0, 0.1) is 0 Å². The number of hydrogen-bond donors (Lipinski definition) is 1. The van der Waals surface area contributed by atoms with Crippen molar-refractivity contribution in [2.75, 3.05) is 5.32 Å². The minimum absolute atomic E-state index is 0.106. The van der Waals surface area contributed by atoms with Crippen molar-refractivity contribution in [3.8, 4) is 0 Å². The minimum atomic E-state index is -0.193. The number of carbonyl (C=O) groups is 2. The molecule has 5 heteroatoms. The van der Waals surface area contributed by atoms with Gasteiger partial charge in [0.05, 0.1) is 17.9 Å². The Kier molecular flexibility index (Phi) is 5.71. The molecule has 0 aliphatic rings. The number of furan rings is 1. The average molecular weight is 362 g/mol. The van der Waals surface area contributed by atoms with E-state index in [2.05, 4.69) is 5.32 Å². The third-order valence-electron chi connectivity index (χ3n) is 4.38. The van der Waals surface area contributed by atoms with Gasteiger partial charge >= 0.3 is 0 Å². The summed E-state index contributed by atoms with van der Waals surface area (Å²) < 4.78 is 5.09. The van der Waals surface area contributed by atoms with E-state index in [9.17, 15) is 9.59 Å². The number of hydrogen-bond acceptors (Lipinski definition) is 3. The van der Waals surface area contributed by atoms with E-state index in [-0.39, 0.29) is 17.9 Å². The molecule has 0 bridgehead atoms. The summed E-state index contributed by atoms with van der Waals surface area (Å²) >= 11 is 0. The van der Waals surface area contributed by atoms with Crippen LogP contribution >= 0.6 is 0 Å². The zero-order chi connectivity index (χ0) is 19.2. The fourth-order valence-corrected chi connectivity index (χ4v) is 2.98. The van der Waals surface area contributed by atoms with Gasteiger partial charge in [0.15, 0.2) is 0 Å². The van der Waals surface area contributed by atoms with Gasteiger partial charge in [0, 0.05) is 19.2 Å². The molecule has 0 aliphatic carbocycles. The molecule has 2 aromatic carbocycles. The van der Waals surface area contributed by atoms with Crippen molar-refractivity contribution in [2.24, 2.45) is 0 Å². The second kappa shape index (κ2) is 8.36. The van der Waals surface area contributed by atoms with Crippen LogP contribution in [0.2, 0.25) is 0 Å². The molecule has 3 aromatic rings. The molecule has 3 rings (SSSR count). The molecule has 2 amide bonds. The monoisotopic (exact) mass is 362 g/mol. The summed E-state index contributed by atoms with van der Waals surface area (Å²) in [7, 11) is 0. The first-order valence-electron chi connectivity index (χ1n) is 8.79. The number of benzene rings is 2. The molecule has 1 N–H and O–H groups in total. The summed E-state index contributed by atoms with van der Waals surface area (Å²) in [6.45, 7) is 3.92. The van der Waals surface area contributed by atoms with Crippen LogP contribution in [0.1, 0.15) is 41.4 Å². The molecule has 1 aromatic heterocycles.